The van der Waals surface area contributed by atoms with Crippen LogP contribution in [0.4, 0.5) is 17.6 Å². The van der Waals surface area contributed by atoms with Crippen LogP contribution in [-0.4, -0.2) is 74.7 Å². The number of hydrogen-bond donors (Lipinski definition) is 0. The first kappa shape index (κ1) is 22.7. The van der Waals surface area contributed by atoms with Crippen molar-refractivity contribution >= 4 is 28.5 Å². The maximum atomic E-state index is 14.4. The minimum atomic E-state index is -4.54. The maximum absolute atomic E-state index is 14.4. The largest absolute Gasteiger partial charge is 0.488 e. The summed E-state index contributed by atoms with van der Waals surface area (Å²) in [4.78, 5) is 18.6. The maximum Gasteiger partial charge on any atom is 0.422 e. The molecule has 1 saturated heterocycles. The van der Waals surface area contributed by atoms with E-state index in [0.29, 0.717) is 31.0 Å². The van der Waals surface area contributed by atoms with Gasteiger partial charge in [-0.25, -0.2) is 4.39 Å². The average molecular weight is 474 g/mol. The van der Waals surface area contributed by atoms with E-state index in [9.17, 15) is 26.6 Å². The molecule has 0 bridgehead atoms. The van der Waals surface area contributed by atoms with Crippen molar-refractivity contribution in [3.63, 3.8) is 0 Å². The summed E-state index contributed by atoms with van der Waals surface area (Å²) in [5, 5.41) is 4.44. The highest BCUT2D eigenvalue weighted by molar-refractivity contribution is 7.85. The highest BCUT2D eigenvalue weighted by Crippen LogP contribution is 2.32. The van der Waals surface area contributed by atoms with Gasteiger partial charge in [0, 0.05) is 47.9 Å². The quantitative estimate of drug-likeness (QED) is 0.615. The number of ether oxygens (including phenoxy) is 1. The van der Waals surface area contributed by atoms with E-state index in [-0.39, 0.29) is 35.4 Å². The Morgan fingerprint density at radius 2 is 2.16 bits per heavy atom. The monoisotopic (exact) mass is 474 g/mol. The molecule has 1 aromatic heterocycles. The number of alkyl halides is 4. The third kappa shape index (κ3) is 5.28. The molecule has 0 spiro atoms. The van der Waals surface area contributed by atoms with Crippen molar-refractivity contribution in [2.75, 3.05) is 31.3 Å². The Morgan fingerprint density at radius 3 is 2.81 bits per heavy atom. The summed E-state index contributed by atoms with van der Waals surface area (Å²) in [6, 6.07) is 1.22. The lowest BCUT2D eigenvalue weighted by atomic mass is 10.00. The van der Waals surface area contributed by atoms with E-state index in [0.717, 1.165) is 6.42 Å². The van der Waals surface area contributed by atoms with Crippen LogP contribution in [0.2, 0.25) is 0 Å². The second-order valence-corrected chi connectivity index (χ2v) is 9.37. The molecule has 3 atom stereocenters. The van der Waals surface area contributed by atoms with Gasteiger partial charge in [0.2, 0.25) is 0 Å². The number of allylic oxidation sites excluding steroid dienone is 4. The lowest BCUT2D eigenvalue weighted by molar-refractivity contribution is -0.165. The number of nitrogens with zero attached hydrogens (tertiary/aromatic N) is 4. The molecule has 32 heavy (non-hydrogen) atoms. The molecule has 2 aliphatic heterocycles. The normalized spacial score (nSPS) is 26.1. The van der Waals surface area contributed by atoms with Crippen molar-refractivity contribution in [2.45, 2.75) is 37.7 Å². The van der Waals surface area contributed by atoms with Crippen molar-refractivity contribution in [1.29, 1.82) is 0 Å². The fraction of sp³-hybridized carbons (Fsp3) is 0.550. The molecule has 3 aliphatic rings. The van der Waals surface area contributed by atoms with Crippen LogP contribution in [0.3, 0.4) is 0 Å². The molecule has 174 valence electrons. The highest BCUT2D eigenvalue weighted by Gasteiger charge is 2.31. The first-order valence-electron chi connectivity index (χ1n) is 10.2. The predicted octanol–water partition coefficient (Wildman–Crippen LogP) is 3.04. The average Bonchev–Trinajstić information content (AvgIpc) is 3.38. The molecule has 12 heteroatoms. The van der Waals surface area contributed by atoms with Crippen molar-refractivity contribution in [3.8, 4) is 0 Å². The molecule has 1 fully saturated rings. The fourth-order valence-corrected chi connectivity index (χ4v) is 4.96. The van der Waals surface area contributed by atoms with Gasteiger partial charge in [-0.2, -0.15) is 18.3 Å². The molecule has 1 aromatic rings. The third-order valence-electron chi connectivity index (χ3n) is 5.30. The molecule has 4 rings (SSSR count). The van der Waals surface area contributed by atoms with Crippen LogP contribution < -0.4 is 0 Å². The Labute approximate surface area is 184 Å². The van der Waals surface area contributed by atoms with Crippen molar-refractivity contribution in [2.24, 2.45) is 4.99 Å². The van der Waals surface area contributed by atoms with Crippen LogP contribution in [0, 0.1) is 0 Å². The van der Waals surface area contributed by atoms with Crippen molar-refractivity contribution in [3.05, 3.63) is 35.4 Å². The number of aliphatic imine (C=N–C) groups is 1. The van der Waals surface area contributed by atoms with Crippen LogP contribution in [0.15, 0.2) is 29.0 Å². The van der Waals surface area contributed by atoms with Gasteiger partial charge >= 0.3 is 6.18 Å². The van der Waals surface area contributed by atoms with Gasteiger partial charge < -0.3 is 9.64 Å². The topological polar surface area (TPSA) is 76.8 Å². The first-order valence-corrected chi connectivity index (χ1v) is 11.7. The molecule has 7 nitrogen and oxygen atoms in total. The Bertz CT molecular complexity index is 1000. The lowest BCUT2D eigenvalue weighted by Crippen LogP contribution is -2.29. The first-order chi connectivity index (χ1) is 15.2. The van der Waals surface area contributed by atoms with Crippen molar-refractivity contribution < 1.29 is 31.3 Å². The van der Waals surface area contributed by atoms with E-state index in [1.165, 1.54) is 23.1 Å². The van der Waals surface area contributed by atoms with Crippen LogP contribution in [0.1, 0.15) is 41.5 Å². The summed E-state index contributed by atoms with van der Waals surface area (Å²) in [6.07, 6.45) is -0.528. The zero-order chi connectivity index (χ0) is 22.9. The number of amides is 1. The molecule has 0 aromatic carbocycles. The molecule has 1 aliphatic carbocycles. The summed E-state index contributed by atoms with van der Waals surface area (Å²) in [7, 11) is -1.10. The molecule has 1 amide bonds. The van der Waals surface area contributed by atoms with Gasteiger partial charge in [-0.3, -0.25) is 18.7 Å². The zero-order valence-corrected chi connectivity index (χ0v) is 17.9. The van der Waals surface area contributed by atoms with Gasteiger partial charge in [-0.1, -0.05) is 0 Å². The van der Waals surface area contributed by atoms with E-state index in [1.54, 1.807) is 10.9 Å². The van der Waals surface area contributed by atoms with E-state index < -0.39 is 35.7 Å². The predicted molar refractivity (Wildman–Crippen MR) is 110 cm³/mol. The second-order valence-electron chi connectivity index (χ2n) is 7.82. The number of carbonyl (C=O) groups excluding carboxylic acids is 1. The second kappa shape index (κ2) is 9.16. The smallest absolute Gasteiger partial charge is 0.422 e. The third-order valence-corrected chi connectivity index (χ3v) is 6.54. The van der Waals surface area contributed by atoms with Crippen LogP contribution >= 0.6 is 0 Å². The highest BCUT2D eigenvalue weighted by atomic mass is 32.2. The standard InChI is InChI=1S/C20H22F4N4O3S/c21-14-6-13(7-16(8-14)31-11-20(22,23)24)18-9-17(19(29)27-4-5-32(30)12-27)26-28(18)15-2-1-3-25-10-15/h6-7,9-10,14-15H,1-5,8,11-12H2. The SMILES string of the molecule is O=C(c1cc(C2=CC(F)CC(OCC(F)(F)F)=C2)n(C2C=NCCC2)n1)N1CCS(=O)C1. The minimum Gasteiger partial charge on any atom is -0.488 e. The lowest BCUT2D eigenvalue weighted by Gasteiger charge is -2.22. The number of halogens is 4. The van der Waals surface area contributed by atoms with Gasteiger partial charge in [0.1, 0.15) is 11.9 Å². The van der Waals surface area contributed by atoms with Gasteiger partial charge in [0.05, 0.1) is 17.6 Å². The Hall–Kier alpha value is -2.50. The van der Waals surface area contributed by atoms with Gasteiger partial charge in [0.15, 0.2) is 12.3 Å². The molecule has 0 N–H and O–H groups in total. The number of hydrogen-bond acceptors (Lipinski definition) is 5. The molecule has 0 radical (unpaired) electrons. The number of carbonyl (C=O) groups is 1. The van der Waals surface area contributed by atoms with E-state index in [1.807, 2.05) is 0 Å². The molecular weight excluding hydrogens is 452 g/mol. The summed E-state index contributed by atoms with van der Waals surface area (Å²) in [6.45, 7) is -0.491. The van der Waals surface area contributed by atoms with Gasteiger partial charge in [-0.15, -0.1) is 0 Å². The zero-order valence-electron chi connectivity index (χ0n) is 17.1. The number of aromatic nitrogens is 2. The Morgan fingerprint density at radius 1 is 1.34 bits per heavy atom. The van der Waals surface area contributed by atoms with E-state index >= 15 is 0 Å². The Kier molecular flexibility index (Phi) is 6.50. The Balaban J connectivity index is 1.68. The molecular formula is C20H22F4N4O3S. The van der Waals surface area contributed by atoms with Crippen LogP contribution in [0.25, 0.3) is 5.57 Å². The fourth-order valence-electron chi connectivity index (χ4n) is 3.81. The van der Waals surface area contributed by atoms with Gasteiger partial charge in [-0.05, 0) is 31.1 Å². The molecule has 3 heterocycles. The molecule has 3 unspecified atom stereocenters. The summed E-state index contributed by atoms with van der Waals surface area (Å²) in [5.41, 5.74) is 0.782. The van der Waals surface area contributed by atoms with Crippen LogP contribution in [-0.2, 0) is 15.5 Å². The summed E-state index contributed by atoms with van der Waals surface area (Å²) >= 11 is 0. The summed E-state index contributed by atoms with van der Waals surface area (Å²) < 4.78 is 70.1. The van der Waals surface area contributed by atoms with E-state index in [2.05, 4.69) is 10.1 Å². The van der Waals surface area contributed by atoms with Crippen molar-refractivity contribution in [1.82, 2.24) is 14.7 Å². The summed E-state index contributed by atoms with van der Waals surface area (Å²) in [5.74, 6) is -0.00267. The van der Waals surface area contributed by atoms with E-state index in [4.69, 9.17) is 4.74 Å². The minimum absolute atomic E-state index is 0.103. The van der Waals surface area contributed by atoms with Crippen LogP contribution in [0.5, 0.6) is 0 Å². The molecule has 0 saturated carbocycles. The van der Waals surface area contributed by atoms with Gasteiger partial charge in [0.25, 0.3) is 5.91 Å². The number of rotatable bonds is 5.